The van der Waals surface area contributed by atoms with Gasteiger partial charge in [0.2, 0.25) is 0 Å². The lowest BCUT2D eigenvalue weighted by molar-refractivity contribution is -0.186. The molecule has 0 aliphatic heterocycles. The van der Waals surface area contributed by atoms with Crippen molar-refractivity contribution in [3.05, 3.63) is 35.4 Å². The Labute approximate surface area is 145 Å². The van der Waals surface area contributed by atoms with Crippen LogP contribution in [-0.4, -0.2) is 36.8 Å². The SMILES string of the molecule is CC(=O)OCc1ccccc1C(=O)OCCC(OC(C)=O)OC(C)=O. The fraction of sp³-hybridized carbons (Fsp3) is 0.412. The Morgan fingerprint density at radius 1 is 0.880 bits per heavy atom. The maximum atomic E-state index is 12.2. The number of rotatable bonds is 8. The molecule has 0 saturated carbocycles. The summed E-state index contributed by atoms with van der Waals surface area (Å²) in [5.41, 5.74) is 0.750. The Balaban J connectivity index is 2.62. The van der Waals surface area contributed by atoms with E-state index in [0.717, 1.165) is 0 Å². The van der Waals surface area contributed by atoms with Gasteiger partial charge in [0.05, 0.1) is 18.6 Å². The first-order chi connectivity index (χ1) is 11.8. The quantitative estimate of drug-likeness (QED) is 0.396. The van der Waals surface area contributed by atoms with E-state index < -0.39 is 30.2 Å². The van der Waals surface area contributed by atoms with Gasteiger partial charge in [-0.2, -0.15) is 0 Å². The molecular formula is C17H20O8. The second-order valence-corrected chi connectivity index (χ2v) is 5.01. The van der Waals surface area contributed by atoms with Crippen molar-refractivity contribution in [3.8, 4) is 0 Å². The van der Waals surface area contributed by atoms with Crippen molar-refractivity contribution < 1.29 is 38.1 Å². The molecule has 0 spiro atoms. The summed E-state index contributed by atoms with van der Waals surface area (Å²) in [6, 6.07) is 6.53. The molecule has 0 N–H and O–H groups in total. The average molecular weight is 352 g/mol. The summed E-state index contributed by atoms with van der Waals surface area (Å²) >= 11 is 0. The van der Waals surface area contributed by atoms with E-state index in [1.54, 1.807) is 18.2 Å². The first-order valence-corrected chi connectivity index (χ1v) is 7.52. The Morgan fingerprint density at radius 2 is 1.48 bits per heavy atom. The third kappa shape index (κ3) is 7.96. The van der Waals surface area contributed by atoms with Crippen LogP contribution < -0.4 is 0 Å². The molecule has 8 heteroatoms. The topological polar surface area (TPSA) is 105 Å². The lowest BCUT2D eigenvalue weighted by Gasteiger charge is -2.16. The van der Waals surface area contributed by atoms with Gasteiger partial charge in [-0.25, -0.2) is 4.79 Å². The maximum Gasteiger partial charge on any atom is 0.338 e. The molecule has 0 unspecified atom stereocenters. The van der Waals surface area contributed by atoms with Crippen LogP contribution in [0, 0.1) is 0 Å². The standard InChI is InChI=1S/C17H20O8/c1-11(18)23-10-14-6-4-5-7-15(14)17(21)22-9-8-16(24-12(2)19)25-13(3)20/h4-7,16H,8-10H2,1-3H3. The van der Waals surface area contributed by atoms with Crippen LogP contribution in [0.25, 0.3) is 0 Å². The lowest BCUT2D eigenvalue weighted by Crippen LogP contribution is -2.24. The Bertz CT molecular complexity index is 621. The van der Waals surface area contributed by atoms with E-state index in [0.29, 0.717) is 5.56 Å². The van der Waals surface area contributed by atoms with Gasteiger partial charge < -0.3 is 18.9 Å². The molecule has 8 nitrogen and oxygen atoms in total. The second-order valence-electron chi connectivity index (χ2n) is 5.01. The van der Waals surface area contributed by atoms with Crippen LogP contribution in [0.1, 0.15) is 43.1 Å². The van der Waals surface area contributed by atoms with Crippen LogP contribution in [0.3, 0.4) is 0 Å². The minimum atomic E-state index is -1.13. The third-order valence-corrected chi connectivity index (χ3v) is 2.85. The fourth-order valence-electron chi connectivity index (χ4n) is 1.86. The van der Waals surface area contributed by atoms with Crippen LogP contribution >= 0.6 is 0 Å². The fourth-order valence-corrected chi connectivity index (χ4v) is 1.86. The molecule has 0 aliphatic rings. The van der Waals surface area contributed by atoms with E-state index >= 15 is 0 Å². The predicted octanol–water partition coefficient (Wildman–Crippen LogP) is 1.75. The first-order valence-electron chi connectivity index (χ1n) is 7.52. The first kappa shape index (κ1) is 20.1. The lowest BCUT2D eigenvalue weighted by atomic mass is 10.1. The van der Waals surface area contributed by atoms with Crippen molar-refractivity contribution in [2.45, 2.75) is 40.1 Å². The molecule has 1 aromatic carbocycles. The molecule has 0 amide bonds. The predicted molar refractivity (Wildman–Crippen MR) is 84.1 cm³/mol. The molecule has 0 heterocycles. The summed E-state index contributed by atoms with van der Waals surface area (Å²) in [4.78, 5) is 45.0. The maximum absolute atomic E-state index is 12.2. The highest BCUT2D eigenvalue weighted by atomic mass is 16.7. The zero-order valence-corrected chi connectivity index (χ0v) is 14.3. The molecule has 1 rings (SSSR count). The molecule has 1 aromatic rings. The van der Waals surface area contributed by atoms with Crippen molar-refractivity contribution >= 4 is 23.9 Å². The zero-order chi connectivity index (χ0) is 18.8. The molecule has 0 atom stereocenters. The van der Waals surface area contributed by atoms with Crippen molar-refractivity contribution in [1.82, 2.24) is 0 Å². The summed E-state index contributed by atoms with van der Waals surface area (Å²) in [6.07, 6.45) is -1.13. The number of benzene rings is 1. The van der Waals surface area contributed by atoms with E-state index in [4.69, 9.17) is 18.9 Å². The summed E-state index contributed by atoms with van der Waals surface area (Å²) in [7, 11) is 0. The van der Waals surface area contributed by atoms with E-state index in [2.05, 4.69) is 0 Å². The molecule has 136 valence electrons. The van der Waals surface area contributed by atoms with Crippen molar-refractivity contribution in [3.63, 3.8) is 0 Å². The van der Waals surface area contributed by atoms with Gasteiger partial charge >= 0.3 is 23.9 Å². The summed E-state index contributed by atoms with van der Waals surface area (Å²) < 4.78 is 19.6. The minimum absolute atomic E-state index is 0.00296. The van der Waals surface area contributed by atoms with Gasteiger partial charge in [-0.1, -0.05) is 18.2 Å². The van der Waals surface area contributed by atoms with Crippen LogP contribution in [0.4, 0.5) is 0 Å². The number of carbonyl (C=O) groups is 4. The smallest absolute Gasteiger partial charge is 0.338 e. The molecule has 0 aliphatic carbocycles. The molecule has 0 radical (unpaired) electrons. The monoisotopic (exact) mass is 352 g/mol. The van der Waals surface area contributed by atoms with Crippen LogP contribution in [0.15, 0.2) is 24.3 Å². The number of ether oxygens (including phenoxy) is 4. The molecule has 0 aromatic heterocycles. The van der Waals surface area contributed by atoms with E-state index in [1.165, 1.54) is 26.8 Å². The summed E-state index contributed by atoms with van der Waals surface area (Å²) in [5, 5.41) is 0. The number of esters is 4. The van der Waals surface area contributed by atoms with E-state index in [1.807, 2.05) is 0 Å². The normalized spacial score (nSPS) is 10.1. The Hall–Kier alpha value is -2.90. The number of hydrogen-bond acceptors (Lipinski definition) is 8. The van der Waals surface area contributed by atoms with Gasteiger partial charge in [0.25, 0.3) is 6.29 Å². The zero-order valence-electron chi connectivity index (χ0n) is 14.3. The van der Waals surface area contributed by atoms with E-state index in [9.17, 15) is 19.2 Å². The molecule has 0 bridgehead atoms. The van der Waals surface area contributed by atoms with Gasteiger partial charge in [-0.05, 0) is 6.07 Å². The highest BCUT2D eigenvalue weighted by molar-refractivity contribution is 5.91. The van der Waals surface area contributed by atoms with Crippen LogP contribution in [0.5, 0.6) is 0 Å². The van der Waals surface area contributed by atoms with Crippen molar-refractivity contribution in [2.75, 3.05) is 6.61 Å². The van der Waals surface area contributed by atoms with Gasteiger partial charge in [0.15, 0.2) is 0 Å². The Kier molecular flexibility index (Phi) is 8.11. The largest absolute Gasteiger partial charge is 0.462 e. The molecular weight excluding hydrogens is 332 g/mol. The summed E-state index contributed by atoms with van der Waals surface area (Å²) in [5.74, 6) is -2.34. The Morgan fingerprint density at radius 3 is 2.04 bits per heavy atom. The van der Waals surface area contributed by atoms with Gasteiger partial charge in [0, 0.05) is 26.3 Å². The minimum Gasteiger partial charge on any atom is -0.462 e. The van der Waals surface area contributed by atoms with Crippen LogP contribution in [0.2, 0.25) is 0 Å². The molecule has 0 fully saturated rings. The van der Waals surface area contributed by atoms with Crippen molar-refractivity contribution in [1.29, 1.82) is 0 Å². The average Bonchev–Trinajstić information content (AvgIpc) is 2.51. The second kappa shape index (κ2) is 10.1. The van der Waals surface area contributed by atoms with Crippen molar-refractivity contribution in [2.24, 2.45) is 0 Å². The summed E-state index contributed by atoms with van der Waals surface area (Å²) in [6.45, 7) is 3.43. The van der Waals surface area contributed by atoms with E-state index in [-0.39, 0.29) is 25.2 Å². The highest BCUT2D eigenvalue weighted by Crippen LogP contribution is 2.13. The third-order valence-electron chi connectivity index (χ3n) is 2.85. The van der Waals surface area contributed by atoms with Gasteiger partial charge in [-0.15, -0.1) is 0 Å². The molecule has 0 saturated heterocycles. The highest BCUT2D eigenvalue weighted by Gasteiger charge is 2.18. The number of hydrogen-bond donors (Lipinski definition) is 0. The number of carbonyl (C=O) groups excluding carboxylic acids is 4. The molecule has 25 heavy (non-hydrogen) atoms. The van der Waals surface area contributed by atoms with Crippen LogP contribution in [-0.2, 0) is 39.9 Å². The van der Waals surface area contributed by atoms with Gasteiger partial charge in [-0.3, -0.25) is 14.4 Å². The van der Waals surface area contributed by atoms with Gasteiger partial charge in [0.1, 0.15) is 6.61 Å².